The summed E-state index contributed by atoms with van der Waals surface area (Å²) in [6.07, 6.45) is 2.26. The SMILES string of the molecule is COc1c(N2CCC(C(=O)OCc3ccccc3)C(C)(C)C2N)c(F)c(N)c2c(=O)c(C(=O)O)cn(C3CC3)c12. The molecule has 11 heteroatoms. The van der Waals surface area contributed by atoms with Crippen LogP contribution < -0.4 is 26.5 Å². The molecule has 1 aliphatic heterocycles. The van der Waals surface area contributed by atoms with Crippen molar-refractivity contribution in [3.63, 3.8) is 0 Å². The van der Waals surface area contributed by atoms with Crippen LogP contribution in [0, 0.1) is 17.2 Å². The van der Waals surface area contributed by atoms with Crippen LogP contribution >= 0.6 is 0 Å². The molecule has 2 heterocycles. The van der Waals surface area contributed by atoms with E-state index in [4.69, 9.17) is 20.9 Å². The molecule has 1 saturated carbocycles. The predicted molar refractivity (Wildman–Crippen MR) is 148 cm³/mol. The molecule has 0 radical (unpaired) electrons. The number of ether oxygens (including phenoxy) is 2. The number of nitrogen functional groups attached to an aromatic ring is 1. The summed E-state index contributed by atoms with van der Waals surface area (Å²) in [7, 11) is 1.35. The topological polar surface area (TPSA) is 150 Å². The van der Waals surface area contributed by atoms with Crippen LogP contribution in [0.4, 0.5) is 15.8 Å². The summed E-state index contributed by atoms with van der Waals surface area (Å²) in [5.41, 5.74) is 11.3. The van der Waals surface area contributed by atoms with Gasteiger partial charge in [0.25, 0.3) is 0 Å². The molecule has 2 fully saturated rings. The standard InChI is InChI=1S/C29H33FN4O6/c1-29(2)18(27(38)40-14-15-7-5-4-6-8-15)11-12-33(28(29)32)23-20(30)21(31)19-22(25(23)39-3)34(16-9-10-16)13-17(24(19)35)26(36)37/h4-8,13,16,18,28H,9-12,14,31-32H2,1-3H3,(H,36,37). The van der Waals surface area contributed by atoms with Crippen LogP contribution in [0.25, 0.3) is 10.9 Å². The number of anilines is 2. The van der Waals surface area contributed by atoms with Gasteiger partial charge in [0.05, 0.1) is 35.8 Å². The summed E-state index contributed by atoms with van der Waals surface area (Å²) >= 11 is 0. The number of pyridine rings is 1. The third-order valence-electron chi connectivity index (χ3n) is 8.20. The molecule has 1 aromatic heterocycles. The molecule has 2 aromatic carbocycles. The van der Waals surface area contributed by atoms with Crippen molar-refractivity contribution in [2.75, 3.05) is 24.3 Å². The van der Waals surface area contributed by atoms with Gasteiger partial charge in [-0.2, -0.15) is 0 Å². The summed E-state index contributed by atoms with van der Waals surface area (Å²) in [6.45, 7) is 3.97. The summed E-state index contributed by atoms with van der Waals surface area (Å²) in [4.78, 5) is 39.7. The smallest absolute Gasteiger partial charge is 0.341 e. The highest BCUT2D eigenvalue weighted by molar-refractivity contribution is 6.03. The largest absolute Gasteiger partial charge is 0.492 e. The van der Waals surface area contributed by atoms with E-state index in [9.17, 15) is 19.5 Å². The van der Waals surface area contributed by atoms with Gasteiger partial charge in [-0.3, -0.25) is 9.59 Å². The third kappa shape index (κ3) is 4.43. The maximum Gasteiger partial charge on any atom is 0.341 e. The van der Waals surface area contributed by atoms with Crippen molar-refractivity contribution in [3.05, 3.63) is 63.7 Å². The van der Waals surface area contributed by atoms with Crippen LogP contribution in [-0.2, 0) is 16.1 Å². The predicted octanol–water partition coefficient (Wildman–Crippen LogP) is 3.65. The number of aromatic nitrogens is 1. The van der Waals surface area contributed by atoms with Gasteiger partial charge >= 0.3 is 11.9 Å². The lowest BCUT2D eigenvalue weighted by Crippen LogP contribution is -2.61. The number of carboxylic acids is 1. The first-order valence-corrected chi connectivity index (χ1v) is 13.2. The van der Waals surface area contributed by atoms with Crippen LogP contribution in [0.15, 0.2) is 41.3 Å². The number of nitrogens with two attached hydrogens (primary N) is 2. The zero-order valence-electron chi connectivity index (χ0n) is 22.6. The number of rotatable bonds is 7. The number of halogens is 1. The van der Waals surface area contributed by atoms with Crippen molar-refractivity contribution in [2.24, 2.45) is 17.1 Å². The van der Waals surface area contributed by atoms with Crippen molar-refractivity contribution >= 4 is 34.2 Å². The number of aromatic carboxylic acids is 1. The Morgan fingerprint density at radius 3 is 2.45 bits per heavy atom. The van der Waals surface area contributed by atoms with Gasteiger partial charge in [0.15, 0.2) is 11.6 Å². The number of carbonyl (C=O) groups is 2. The quantitative estimate of drug-likeness (QED) is 0.295. The van der Waals surface area contributed by atoms with E-state index in [1.807, 2.05) is 44.2 Å². The van der Waals surface area contributed by atoms with Gasteiger partial charge in [0.1, 0.15) is 17.9 Å². The highest BCUT2D eigenvalue weighted by Gasteiger charge is 2.48. The number of esters is 1. The van der Waals surface area contributed by atoms with Gasteiger partial charge in [0, 0.05) is 24.2 Å². The molecule has 0 amide bonds. The fourth-order valence-electron chi connectivity index (χ4n) is 5.70. The van der Waals surface area contributed by atoms with E-state index in [1.54, 1.807) is 9.47 Å². The van der Waals surface area contributed by atoms with E-state index < -0.39 is 51.9 Å². The van der Waals surface area contributed by atoms with Crippen LogP contribution in [0.3, 0.4) is 0 Å². The van der Waals surface area contributed by atoms with E-state index >= 15 is 4.39 Å². The molecule has 2 aliphatic rings. The van der Waals surface area contributed by atoms with Gasteiger partial charge in [-0.25, -0.2) is 9.18 Å². The molecule has 10 nitrogen and oxygen atoms in total. The minimum atomic E-state index is -1.42. The van der Waals surface area contributed by atoms with Gasteiger partial charge in [-0.15, -0.1) is 0 Å². The average Bonchev–Trinajstić information content (AvgIpc) is 3.77. The maximum atomic E-state index is 16.1. The van der Waals surface area contributed by atoms with Gasteiger partial charge in [0.2, 0.25) is 5.43 Å². The molecule has 5 rings (SSSR count). The van der Waals surface area contributed by atoms with Crippen LogP contribution in [0.5, 0.6) is 5.75 Å². The van der Waals surface area contributed by atoms with E-state index in [-0.39, 0.29) is 41.5 Å². The number of carboxylic acid groups (broad SMARTS) is 1. The Bertz CT molecular complexity index is 1550. The van der Waals surface area contributed by atoms with E-state index in [2.05, 4.69) is 0 Å². The first kappa shape index (κ1) is 27.4. The molecular formula is C29H33FN4O6. The lowest BCUT2D eigenvalue weighted by atomic mass is 9.71. The Balaban J connectivity index is 1.56. The summed E-state index contributed by atoms with van der Waals surface area (Å²) in [5, 5.41) is 9.38. The molecule has 5 N–H and O–H groups in total. The highest BCUT2D eigenvalue weighted by atomic mass is 19.1. The Morgan fingerprint density at radius 2 is 1.85 bits per heavy atom. The number of hydrogen-bond donors (Lipinski definition) is 3. The van der Waals surface area contributed by atoms with Crippen molar-refractivity contribution in [1.29, 1.82) is 0 Å². The van der Waals surface area contributed by atoms with Crippen LogP contribution in [0.2, 0.25) is 0 Å². The zero-order valence-corrected chi connectivity index (χ0v) is 22.6. The lowest BCUT2D eigenvalue weighted by molar-refractivity contribution is -0.156. The molecule has 0 spiro atoms. The number of piperidine rings is 1. The van der Waals surface area contributed by atoms with Crippen LogP contribution in [0.1, 0.15) is 55.1 Å². The number of nitrogens with zero attached hydrogens (tertiary/aromatic N) is 2. The molecule has 212 valence electrons. The van der Waals surface area contributed by atoms with Crippen molar-refractivity contribution in [1.82, 2.24) is 4.57 Å². The minimum Gasteiger partial charge on any atom is -0.492 e. The van der Waals surface area contributed by atoms with Crippen molar-refractivity contribution in [3.8, 4) is 5.75 Å². The lowest BCUT2D eigenvalue weighted by Gasteiger charge is -2.49. The Hall–Kier alpha value is -4.12. The van der Waals surface area contributed by atoms with Crippen molar-refractivity contribution in [2.45, 2.75) is 51.9 Å². The number of fused-ring (bicyclic) bond motifs is 1. The zero-order chi connectivity index (χ0) is 28.9. The Morgan fingerprint density at radius 1 is 1.18 bits per heavy atom. The molecule has 2 atom stereocenters. The normalized spacial score (nSPS) is 20.4. The molecule has 40 heavy (non-hydrogen) atoms. The Labute approximate surface area is 230 Å². The Kier molecular flexibility index (Phi) is 6.95. The van der Waals surface area contributed by atoms with Gasteiger partial charge in [-0.05, 0) is 24.8 Å². The second-order valence-electron chi connectivity index (χ2n) is 11.0. The van der Waals surface area contributed by atoms with Gasteiger partial charge in [-0.1, -0.05) is 44.2 Å². The molecule has 1 aliphatic carbocycles. The van der Waals surface area contributed by atoms with Gasteiger partial charge < -0.3 is 35.5 Å². The summed E-state index contributed by atoms with van der Waals surface area (Å²) in [5.74, 6) is -3.26. The first-order chi connectivity index (χ1) is 19.0. The molecule has 1 saturated heterocycles. The maximum absolute atomic E-state index is 16.1. The van der Waals surface area contributed by atoms with E-state index in [1.165, 1.54) is 13.3 Å². The van der Waals surface area contributed by atoms with E-state index in [0.29, 0.717) is 6.42 Å². The first-order valence-electron chi connectivity index (χ1n) is 13.2. The fraction of sp³-hybridized carbons (Fsp3) is 0.414. The number of benzene rings is 2. The second-order valence-corrected chi connectivity index (χ2v) is 11.0. The third-order valence-corrected chi connectivity index (χ3v) is 8.20. The number of hydrogen-bond acceptors (Lipinski definition) is 8. The van der Waals surface area contributed by atoms with Crippen LogP contribution in [-0.4, -0.2) is 41.4 Å². The van der Waals surface area contributed by atoms with Crippen molar-refractivity contribution < 1.29 is 28.6 Å². The number of carbonyl (C=O) groups excluding carboxylic acids is 1. The molecule has 0 bridgehead atoms. The molecule has 3 aromatic rings. The molecule has 2 unspecified atom stereocenters. The fourth-order valence-corrected chi connectivity index (χ4v) is 5.70. The summed E-state index contributed by atoms with van der Waals surface area (Å²) in [6, 6.07) is 9.26. The monoisotopic (exact) mass is 552 g/mol. The highest BCUT2D eigenvalue weighted by Crippen LogP contribution is 2.49. The number of methoxy groups -OCH3 is 1. The minimum absolute atomic E-state index is 0.0268. The van der Waals surface area contributed by atoms with E-state index in [0.717, 1.165) is 18.4 Å². The average molecular weight is 553 g/mol. The second kappa shape index (κ2) is 10.1. The molecular weight excluding hydrogens is 519 g/mol. The summed E-state index contributed by atoms with van der Waals surface area (Å²) < 4.78 is 29.1.